The van der Waals surface area contributed by atoms with E-state index >= 15 is 0 Å². The van der Waals surface area contributed by atoms with E-state index in [1.54, 1.807) is 24.5 Å². The third-order valence-electron chi connectivity index (χ3n) is 4.69. The average Bonchev–Trinajstić information content (AvgIpc) is 3.12. The number of carbonyl (C=O) groups excluding carboxylic acids is 1. The molecule has 24 heavy (non-hydrogen) atoms. The lowest BCUT2D eigenvalue weighted by Crippen LogP contribution is -3.13. The van der Waals surface area contributed by atoms with E-state index < -0.39 is 0 Å². The topological polar surface area (TPSA) is 46.7 Å². The van der Waals surface area contributed by atoms with Crippen LogP contribution >= 0.6 is 0 Å². The molecule has 1 atom stereocenters. The molecule has 0 saturated carbocycles. The highest BCUT2D eigenvalue weighted by molar-refractivity contribution is 5.78. The summed E-state index contributed by atoms with van der Waals surface area (Å²) in [5.41, 5.74) is 0.426. The molecule has 0 radical (unpaired) electrons. The van der Waals surface area contributed by atoms with E-state index in [-0.39, 0.29) is 24.2 Å². The predicted octanol–water partition coefficient (Wildman–Crippen LogP) is 1.89. The van der Waals surface area contributed by atoms with Crippen LogP contribution in [0.5, 0.6) is 0 Å². The Bertz CT molecular complexity index is 651. The molecule has 2 heterocycles. The predicted molar refractivity (Wildman–Crippen MR) is 89.1 cm³/mol. The Morgan fingerprint density at radius 3 is 2.67 bits per heavy atom. The van der Waals surface area contributed by atoms with E-state index in [2.05, 4.69) is 5.32 Å². The van der Waals surface area contributed by atoms with Crippen LogP contribution in [0.1, 0.15) is 36.6 Å². The van der Waals surface area contributed by atoms with Crippen molar-refractivity contribution in [2.75, 3.05) is 19.6 Å². The third-order valence-corrected chi connectivity index (χ3v) is 4.69. The number of amides is 1. The van der Waals surface area contributed by atoms with Crippen LogP contribution in [0.2, 0.25) is 0 Å². The summed E-state index contributed by atoms with van der Waals surface area (Å²) < 4.78 is 19.3. The van der Waals surface area contributed by atoms with Gasteiger partial charge in [0.05, 0.1) is 32.3 Å². The van der Waals surface area contributed by atoms with Crippen molar-refractivity contribution in [1.82, 2.24) is 5.32 Å². The number of hydrogen-bond donors (Lipinski definition) is 2. The van der Waals surface area contributed by atoms with E-state index in [0.29, 0.717) is 12.1 Å². The third kappa shape index (κ3) is 4.23. The van der Waals surface area contributed by atoms with E-state index in [1.807, 2.05) is 12.1 Å². The number of hydrogen-bond acceptors (Lipinski definition) is 2. The minimum Gasteiger partial charge on any atom is -0.463 e. The minimum atomic E-state index is -0.336. The van der Waals surface area contributed by atoms with Gasteiger partial charge in [0.15, 0.2) is 11.8 Å². The highest BCUT2D eigenvalue weighted by Gasteiger charge is 2.28. The molecule has 4 nitrogen and oxygen atoms in total. The van der Waals surface area contributed by atoms with Gasteiger partial charge < -0.3 is 14.6 Å². The van der Waals surface area contributed by atoms with Crippen LogP contribution in [0, 0.1) is 5.82 Å². The number of quaternary nitrogens is 1. The van der Waals surface area contributed by atoms with E-state index in [1.165, 1.54) is 30.2 Å². The summed E-state index contributed by atoms with van der Waals surface area (Å²) in [6.45, 7) is 2.69. The van der Waals surface area contributed by atoms with E-state index in [0.717, 1.165) is 18.8 Å². The second-order valence-electron chi connectivity index (χ2n) is 6.36. The Kier molecular flexibility index (Phi) is 5.64. The number of carbonyl (C=O) groups is 1. The maximum absolute atomic E-state index is 13.7. The number of nitrogens with one attached hydrogen (secondary N) is 2. The van der Waals surface area contributed by atoms with Crippen LogP contribution in [-0.2, 0) is 11.2 Å². The second kappa shape index (κ2) is 8.11. The minimum absolute atomic E-state index is 0.0624. The van der Waals surface area contributed by atoms with Gasteiger partial charge in [0, 0.05) is 0 Å². The summed E-state index contributed by atoms with van der Waals surface area (Å²) in [6, 6.07) is 10.4. The molecule has 3 rings (SSSR count). The average molecular weight is 331 g/mol. The number of piperidine rings is 1. The zero-order valence-corrected chi connectivity index (χ0v) is 13.8. The molecular formula is C19H24FN2O2+. The SMILES string of the molecule is O=C(Cc1ccccc1F)NC[C@@H](c1ccco1)[NH+]1CCCCC1. The molecule has 2 aromatic rings. The van der Waals surface area contributed by atoms with Gasteiger partial charge in [0.1, 0.15) is 5.82 Å². The van der Waals surface area contributed by atoms with Gasteiger partial charge >= 0.3 is 0 Å². The molecule has 1 amide bonds. The molecule has 0 aliphatic carbocycles. The molecule has 0 spiro atoms. The molecule has 1 fully saturated rings. The molecule has 1 aromatic heterocycles. The standard InChI is InChI=1S/C19H23FN2O2/c20-16-8-3-2-7-15(16)13-19(23)21-14-17(18-9-6-12-24-18)22-10-4-1-5-11-22/h2-3,6-9,12,17H,1,4-5,10-11,13-14H2,(H,21,23)/p+1/t17-/m0/s1. The molecule has 128 valence electrons. The molecule has 2 N–H and O–H groups in total. The van der Waals surface area contributed by atoms with Crippen molar-refractivity contribution in [3.05, 3.63) is 59.8 Å². The quantitative estimate of drug-likeness (QED) is 0.849. The van der Waals surface area contributed by atoms with Gasteiger partial charge in [-0.15, -0.1) is 0 Å². The van der Waals surface area contributed by atoms with Gasteiger partial charge in [-0.05, 0) is 43.0 Å². The smallest absolute Gasteiger partial charge is 0.224 e. The fraction of sp³-hybridized carbons (Fsp3) is 0.421. The summed E-state index contributed by atoms with van der Waals surface area (Å²) in [6.07, 6.45) is 5.42. The highest BCUT2D eigenvalue weighted by Crippen LogP contribution is 2.12. The van der Waals surface area contributed by atoms with Crippen molar-refractivity contribution in [1.29, 1.82) is 0 Å². The lowest BCUT2D eigenvalue weighted by atomic mass is 10.1. The molecule has 1 saturated heterocycles. The van der Waals surface area contributed by atoms with Crippen molar-refractivity contribution in [2.45, 2.75) is 31.7 Å². The van der Waals surface area contributed by atoms with Crippen molar-refractivity contribution >= 4 is 5.91 Å². The largest absolute Gasteiger partial charge is 0.463 e. The van der Waals surface area contributed by atoms with Crippen LogP contribution in [0.4, 0.5) is 4.39 Å². The maximum atomic E-state index is 13.7. The number of furan rings is 1. The van der Waals surface area contributed by atoms with Crippen LogP contribution in [-0.4, -0.2) is 25.5 Å². The molecular weight excluding hydrogens is 307 g/mol. The normalized spacial score (nSPS) is 16.7. The van der Waals surface area contributed by atoms with Crippen LogP contribution in [0.15, 0.2) is 47.1 Å². The fourth-order valence-corrected chi connectivity index (χ4v) is 3.38. The first-order valence-corrected chi connectivity index (χ1v) is 8.62. The van der Waals surface area contributed by atoms with Crippen molar-refractivity contribution in [3.8, 4) is 0 Å². The molecule has 1 aliphatic rings. The van der Waals surface area contributed by atoms with E-state index in [9.17, 15) is 9.18 Å². The van der Waals surface area contributed by atoms with E-state index in [4.69, 9.17) is 4.42 Å². The summed E-state index contributed by atoms with van der Waals surface area (Å²) in [7, 11) is 0. The number of likely N-dealkylation sites (tertiary alicyclic amines) is 1. The van der Waals surface area contributed by atoms with Gasteiger partial charge in [0.25, 0.3) is 0 Å². The fourth-order valence-electron chi connectivity index (χ4n) is 3.38. The summed E-state index contributed by atoms with van der Waals surface area (Å²) >= 11 is 0. The Balaban J connectivity index is 1.61. The number of rotatable bonds is 6. The van der Waals surface area contributed by atoms with Gasteiger partial charge in [-0.1, -0.05) is 18.2 Å². The van der Waals surface area contributed by atoms with Gasteiger partial charge in [-0.2, -0.15) is 0 Å². The molecule has 0 bridgehead atoms. The Morgan fingerprint density at radius 2 is 1.96 bits per heavy atom. The second-order valence-corrected chi connectivity index (χ2v) is 6.36. The lowest BCUT2D eigenvalue weighted by molar-refractivity contribution is -0.936. The zero-order chi connectivity index (χ0) is 16.8. The summed E-state index contributed by atoms with van der Waals surface area (Å²) in [5, 5.41) is 2.96. The van der Waals surface area contributed by atoms with Crippen LogP contribution < -0.4 is 10.2 Å². The first kappa shape index (κ1) is 16.7. The van der Waals surface area contributed by atoms with Gasteiger partial charge in [-0.25, -0.2) is 4.39 Å². The summed E-state index contributed by atoms with van der Waals surface area (Å²) in [5.74, 6) is 0.406. The monoisotopic (exact) mass is 331 g/mol. The van der Waals surface area contributed by atoms with Gasteiger partial charge in [-0.3, -0.25) is 4.79 Å². The molecule has 1 aromatic carbocycles. The molecule has 0 unspecified atom stereocenters. The number of halogens is 1. The Hall–Kier alpha value is -2.14. The van der Waals surface area contributed by atoms with Crippen molar-refractivity contribution in [3.63, 3.8) is 0 Å². The molecule has 1 aliphatic heterocycles. The Labute approximate surface area is 141 Å². The molecule has 5 heteroatoms. The van der Waals surface area contributed by atoms with Crippen molar-refractivity contribution in [2.24, 2.45) is 0 Å². The maximum Gasteiger partial charge on any atom is 0.224 e. The lowest BCUT2D eigenvalue weighted by Gasteiger charge is -2.30. The first-order chi connectivity index (χ1) is 11.7. The zero-order valence-electron chi connectivity index (χ0n) is 13.8. The highest BCUT2D eigenvalue weighted by atomic mass is 19.1. The van der Waals surface area contributed by atoms with Crippen LogP contribution in [0.25, 0.3) is 0 Å². The van der Waals surface area contributed by atoms with Crippen molar-refractivity contribution < 1.29 is 18.5 Å². The number of benzene rings is 1. The first-order valence-electron chi connectivity index (χ1n) is 8.62. The van der Waals surface area contributed by atoms with Crippen LogP contribution in [0.3, 0.4) is 0 Å². The Morgan fingerprint density at radius 1 is 1.17 bits per heavy atom. The van der Waals surface area contributed by atoms with Gasteiger partial charge in [0.2, 0.25) is 5.91 Å². The summed E-state index contributed by atoms with van der Waals surface area (Å²) in [4.78, 5) is 13.7.